The van der Waals surface area contributed by atoms with Gasteiger partial charge in [0, 0.05) is 12.8 Å². The number of hydrogen-bond acceptors (Lipinski definition) is 5. The Morgan fingerprint density at radius 2 is 1.90 bits per heavy atom. The van der Waals surface area contributed by atoms with E-state index in [1.54, 1.807) is 14.2 Å². The molecule has 4 rings (SSSR count). The molecule has 2 heterocycles. The minimum atomic E-state index is 0.00829. The van der Waals surface area contributed by atoms with Gasteiger partial charge in [-0.1, -0.05) is 12.1 Å². The van der Waals surface area contributed by atoms with Crippen LogP contribution in [0.25, 0.3) is 0 Å². The predicted octanol–water partition coefficient (Wildman–Crippen LogP) is 3.31. The summed E-state index contributed by atoms with van der Waals surface area (Å²) in [4.78, 5) is 13.0. The first-order valence-electron chi connectivity index (χ1n) is 9.89. The second-order valence-electron chi connectivity index (χ2n) is 8.25. The van der Waals surface area contributed by atoms with E-state index in [1.165, 1.54) is 5.56 Å². The summed E-state index contributed by atoms with van der Waals surface area (Å²) < 4.78 is 23.0. The molecule has 2 aromatic rings. The van der Waals surface area contributed by atoms with E-state index in [0.717, 1.165) is 40.1 Å². The second kappa shape index (κ2) is 7.59. The van der Waals surface area contributed by atoms with Gasteiger partial charge >= 0.3 is 0 Å². The summed E-state index contributed by atoms with van der Waals surface area (Å²) in [5.41, 5.74) is 3.26. The fourth-order valence-corrected chi connectivity index (χ4v) is 4.37. The van der Waals surface area contributed by atoms with E-state index in [0.29, 0.717) is 24.3 Å². The average molecular weight is 398 g/mol. The van der Waals surface area contributed by atoms with Crippen LogP contribution >= 0.6 is 0 Å². The van der Waals surface area contributed by atoms with Crippen LogP contribution < -0.4 is 18.9 Å². The zero-order valence-corrected chi connectivity index (χ0v) is 17.5. The third kappa shape index (κ3) is 3.65. The van der Waals surface area contributed by atoms with Crippen molar-refractivity contribution in [2.24, 2.45) is 0 Å². The maximum absolute atomic E-state index is 13.0. The highest BCUT2D eigenvalue weighted by molar-refractivity contribution is 5.82. The van der Waals surface area contributed by atoms with Crippen LogP contribution in [0.5, 0.6) is 23.0 Å². The van der Waals surface area contributed by atoms with Crippen LogP contribution in [-0.2, 0) is 17.6 Å². The Bertz CT molecular complexity index is 920. The molecule has 2 aromatic carbocycles. The molecular formula is C23H28NO5+. The minimum Gasteiger partial charge on any atom is -0.497 e. The molecule has 6 heteroatoms. The number of ether oxygens (including phenoxy) is 4. The zero-order valence-electron chi connectivity index (χ0n) is 17.5. The van der Waals surface area contributed by atoms with Crippen molar-refractivity contribution in [2.45, 2.75) is 25.3 Å². The maximum atomic E-state index is 13.0. The standard InChI is InChI=1S/C23H28NO5/c1-24(2)10-9-16-12-20-22(29-14-28-20)23(27-4)21(16)19(24)13-17(25)11-15-5-7-18(26-3)8-6-15/h5-8,12,19H,9-11,13-14H2,1-4H3/q+1. The van der Waals surface area contributed by atoms with E-state index in [1.807, 2.05) is 24.3 Å². The van der Waals surface area contributed by atoms with Crippen LogP contribution in [0.4, 0.5) is 0 Å². The Hall–Kier alpha value is -2.73. The highest BCUT2D eigenvalue weighted by atomic mass is 16.7. The third-order valence-electron chi connectivity index (χ3n) is 6.06. The molecule has 0 bridgehead atoms. The van der Waals surface area contributed by atoms with Crippen molar-refractivity contribution >= 4 is 5.78 Å². The first-order valence-corrected chi connectivity index (χ1v) is 9.89. The molecule has 0 aromatic heterocycles. The largest absolute Gasteiger partial charge is 0.497 e. The quantitative estimate of drug-likeness (QED) is 0.699. The predicted molar refractivity (Wildman–Crippen MR) is 109 cm³/mol. The van der Waals surface area contributed by atoms with Crippen molar-refractivity contribution in [3.63, 3.8) is 0 Å². The number of hydrogen-bond donors (Lipinski definition) is 0. The molecule has 1 atom stereocenters. The van der Waals surface area contributed by atoms with E-state index in [9.17, 15) is 4.79 Å². The molecule has 0 N–H and O–H groups in total. The average Bonchev–Trinajstić information content (AvgIpc) is 3.17. The number of nitrogens with zero attached hydrogens (tertiary/aromatic N) is 1. The molecule has 2 aliphatic heterocycles. The molecule has 29 heavy (non-hydrogen) atoms. The van der Waals surface area contributed by atoms with Crippen molar-refractivity contribution in [1.82, 2.24) is 0 Å². The van der Waals surface area contributed by atoms with Gasteiger partial charge in [0.2, 0.25) is 12.5 Å². The van der Waals surface area contributed by atoms with E-state index >= 15 is 0 Å². The number of methoxy groups -OCH3 is 2. The molecular weight excluding hydrogens is 370 g/mol. The fraction of sp³-hybridized carbons (Fsp3) is 0.435. The van der Waals surface area contributed by atoms with Gasteiger partial charge in [-0.3, -0.25) is 4.79 Å². The van der Waals surface area contributed by atoms with Gasteiger partial charge in [-0.25, -0.2) is 0 Å². The smallest absolute Gasteiger partial charge is 0.231 e. The maximum Gasteiger partial charge on any atom is 0.231 e. The summed E-state index contributed by atoms with van der Waals surface area (Å²) in [5.74, 6) is 3.10. The summed E-state index contributed by atoms with van der Waals surface area (Å²) in [6, 6.07) is 9.74. The van der Waals surface area contributed by atoms with Crippen LogP contribution in [-0.4, -0.2) is 51.9 Å². The van der Waals surface area contributed by atoms with Crippen LogP contribution in [0.1, 0.15) is 29.2 Å². The molecule has 1 unspecified atom stereocenters. The molecule has 0 amide bonds. The Kier molecular flexibility index (Phi) is 5.13. The van der Waals surface area contributed by atoms with Gasteiger partial charge in [0.25, 0.3) is 0 Å². The lowest BCUT2D eigenvalue weighted by Gasteiger charge is -2.43. The highest BCUT2D eigenvalue weighted by Gasteiger charge is 2.42. The highest BCUT2D eigenvalue weighted by Crippen LogP contribution is 2.51. The van der Waals surface area contributed by atoms with Crippen LogP contribution in [0.3, 0.4) is 0 Å². The molecule has 0 saturated carbocycles. The molecule has 0 aliphatic carbocycles. The number of fused-ring (bicyclic) bond motifs is 2. The van der Waals surface area contributed by atoms with Crippen LogP contribution in [0.15, 0.2) is 30.3 Å². The SMILES string of the molecule is COc1ccc(CC(=O)CC2c3c(cc4c(c3OC)OCO4)CC[N+]2(C)C)cc1. The van der Waals surface area contributed by atoms with E-state index < -0.39 is 0 Å². The van der Waals surface area contributed by atoms with E-state index in [2.05, 4.69) is 20.2 Å². The number of Topliss-reactive ketones (excluding diaryl/α,β-unsaturated/α-hetero) is 1. The zero-order chi connectivity index (χ0) is 20.6. The van der Waals surface area contributed by atoms with Gasteiger partial charge in [-0.15, -0.1) is 0 Å². The van der Waals surface area contributed by atoms with Crippen molar-refractivity contribution in [1.29, 1.82) is 0 Å². The normalized spacial score (nSPS) is 18.8. The van der Waals surface area contributed by atoms with Gasteiger partial charge in [0.05, 0.1) is 46.8 Å². The van der Waals surface area contributed by atoms with Crippen LogP contribution in [0, 0.1) is 0 Å². The Morgan fingerprint density at radius 1 is 1.14 bits per heavy atom. The summed E-state index contributed by atoms with van der Waals surface area (Å²) in [5, 5.41) is 0. The number of likely N-dealkylation sites (N-methyl/N-ethyl adjacent to an activating group) is 1. The monoisotopic (exact) mass is 398 g/mol. The van der Waals surface area contributed by atoms with E-state index in [4.69, 9.17) is 18.9 Å². The molecule has 2 aliphatic rings. The fourth-order valence-electron chi connectivity index (χ4n) is 4.37. The van der Waals surface area contributed by atoms with Crippen LogP contribution in [0.2, 0.25) is 0 Å². The Morgan fingerprint density at radius 3 is 2.59 bits per heavy atom. The lowest BCUT2D eigenvalue weighted by Crippen LogP contribution is -2.48. The first-order chi connectivity index (χ1) is 13.9. The van der Waals surface area contributed by atoms with E-state index in [-0.39, 0.29) is 18.6 Å². The number of benzene rings is 2. The lowest BCUT2D eigenvalue weighted by molar-refractivity contribution is -0.922. The molecule has 0 fully saturated rings. The van der Waals surface area contributed by atoms with Crippen molar-refractivity contribution in [3.05, 3.63) is 47.0 Å². The van der Waals surface area contributed by atoms with Crippen molar-refractivity contribution in [2.75, 3.05) is 41.7 Å². The Balaban J connectivity index is 1.63. The topological polar surface area (TPSA) is 54.0 Å². The van der Waals surface area contributed by atoms with Gasteiger partial charge in [-0.2, -0.15) is 0 Å². The summed E-state index contributed by atoms with van der Waals surface area (Å²) in [6.07, 6.45) is 1.77. The van der Waals surface area contributed by atoms with Gasteiger partial charge in [0.15, 0.2) is 11.5 Å². The molecule has 0 saturated heterocycles. The number of carbonyl (C=O) groups excluding carboxylic acids is 1. The van der Waals surface area contributed by atoms with Gasteiger partial charge in [-0.05, 0) is 29.3 Å². The minimum absolute atomic E-state index is 0.00829. The Labute approximate surface area is 171 Å². The molecule has 154 valence electrons. The number of quaternary nitrogens is 1. The summed E-state index contributed by atoms with van der Waals surface area (Å²) in [6.45, 7) is 1.16. The molecule has 0 spiro atoms. The summed E-state index contributed by atoms with van der Waals surface area (Å²) >= 11 is 0. The molecule has 0 radical (unpaired) electrons. The van der Waals surface area contributed by atoms with Crippen molar-refractivity contribution in [3.8, 4) is 23.0 Å². The molecule has 6 nitrogen and oxygen atoms in total. The van der Waals surface area contributed by atoms with Crippen molar-refractivity contribution < 1.29 is 28.2 Å². The summed E-state index contributed by atoms with van der Waals surface area (Å²) in [7, 11) is 7.65. The second-order valence-corrected chi connectivity index (χ2v) is 8.25. The van der Waals surface area contributed by atoms with Gasteiger partial charge in [0.1, 0.15) is 17.6 Å². The van der Waals surface area contributed by atoms with Gasteiger partial charge < -0.3 is 23.4 Å². The number of carbonyl (C=O) groups is 1. The number of rotatable bonds is 6. The number of ketones is 1. The third-order valence-corrected chi connectivity index (χ3v) is 6.06. The lowest BCUT2D eigenvalue weighted by atomic mass is 9.86. The first kappa shape index (κ1) is 19.6.